The molecule has 0 aliphatic carbocycles. The zero-order chi connectivity index (χ0) is 20.9. The second kappa shape index (κ2) is 8.59. The molecule has 29 heavy (non-hydrogen) atoms. The molecular formula is C20H16F3N3O3. The highest BCUT2D eigenvalue weighted by molar-refractivity contribution is 6.03. The zero-order valence-electron chi connectivity index (χ0n) is 15.2. The SMILES string of the molecule is COc1ccc(C(F)(F)F)cc1NC(=O)c1cc(OCc2ccccc2)ncn1. The minimum Gasteiger partial charge on any atom is -0.495 e. The van der Waals surface area contributed by atoms with Crippen molar-refractivity contribution >= 4 is 11.6 Å². The summed E-state index contributed by atoms with van der Waals surface area (Å²) in [5, 5.41) is 2.38. The predicted molar refractivity (Wildman–Crippen MR) is 98.8 cm³/mol. The van der Waals surface area contributed by atoms with Gasteiger partial charge in [-0.15, -0.1) is 0 Å². The molecule has 6 nitrogen and oxygen atoms in total. The lowest BCUT2D eigenvalue weighted by molar-refractivity contribution is -0.137. The lowest BCUT2D eigenvalue weighted by atomic mass is 10.1. The van der Waals surface area contributed by atoms with Gasteiger partial charge in [-0.3, -0.25) is 4.79 Å². The quantitative estimate of drug-likeness (QED) is 0.663. The van der Waals surface area contributed by atoms with E-state index in [0.29, 0.717) is 0 Å². The van der Waals surface area contributed by atoms with E-state index < -0.39 is 17.6 Å². The molecule has 0 unspecified atom stereocenters. The van der Waals surface area contributed by atoms with E-state index in [2.05, 4.69) is 15.3 Å². The molecule has 0 spiro atoms. The summed E-state index contributed by atoms with van der Waals surface area (Å²) in [5.41, 5.74) is -0.200. The van der Waals surface area contributed by atoms with Gasteiger partial charge in [0.1, 0.15) is 24.4 Å². The average Bonchev–Trinajstić information content (AvgIpc) is 2.72. The topological polar surface area (TPSA) is 73.3 Å². The summed E-state index contributed by atoms with van der Waals surface area (Å²) >= 11 is 0. The molecular weight excluding hydrogens is 387 g/mol. The number of carbonyl (C=O) groups is 1. The summed E-state index contributed by atoms with van der Waals surface area (Å²) in [5.74, 6) is -0.486. The molecule has 9 heteroatoms. The fourth-order valence-corrected chi connectivity index (χ4v) is 2.44. The number of rotatable bonds is 6. The van der Waals surface area contributed by atoms with E-state index in [1.165, 1.54) is 13.2 Å². The van der Waals surface area contributed by atoms with Crippen LogP contribution in [0.1, 0.15) is 21.6 Å². The number of methoxy groups -OCH3 is 1. The van der Waals surface area contributed by atoms with Crippen molar-refractivity contribution in [2.24, 2.45) is 0 Å². The highest BCUT2D eigenvalue weighted by atomic mass is 19.4. The fraction of sp³-hybridized carbons (Fsp3) is 0.150. The molecule has 0 radical (unpaired) electrons. The van der Waals surface area contributed by atoms with Gasteiger partial charge in [0.05, 0.1) is 18.4 Å². The minimum absolute atomic E-state index is 0.0671. The second-order valence-electron chi connectivity index (χ2n) is 5.88. The van der Waals surface area contributed by atoms with Crippen LogP contribution in [0.5, 0.6) is 11.6 Å². The zero-order valence-corrected chi connectivity index (χ0v) is 15.2. The Kier molecular flexibility index (Phi) is 5.96. The Balaban J connectivity index is 1.76. The normalized spacial score (nSPS) is 11.0. The molecule has 0 aliphatic rings. The van der Waals surface area contributed by atoms with Crippen LogP contribution in [0.2, 0.25) is 0 Å². The number of nitrogens with zero attached hydrogens (tertiary/aromatic N) is 2. The van der Waals surface area contributed by atoms with Gasteiger partial charge in [0.15, 0.2) is 0 Å². The van der Waals surface area contributed by atoms with E-state index in [-0.39, 0.29) is 29.6 Å². The Morgan fingerprint density at radius 2 is 1.83 bits per heavy atom. The number of carbonyl (C=O) groups excluding carboxylic acids is 1. The van der Waals surface area contributed by atoms with E-state index >= 15 is 0 Å². The number of halogens is 3. The van der Waals surface area contributed by atoms with Crippen LogP contribution >= 0.6 is 0 Å². The summed E-state index contributed by atoms with van der Waals surface area (Å²) in [7, 11) is 1.29. The number of alkyl halides is 3. The first-order valence-corrected chi connectivity index (χ1v) is 8.42. The predicted octanol–water partition coefficient (Wildman–Crippen LogP) is 4.34. The largest absolute Gasteiger partial charge is 0.495 e. The van der Waals surface area contributed by atoms with Gasteiger partial charge in [-0.25, -0.2) is 9.97 Å². The maximum absolute atomic E-state index is 13.0. The third-order valence-electron chi connectivity index (χ3n) is 3.88. The second-order valence-corrected chi connectivity index (χ2v) is 5.88. The number of aromatic nitrogens is 2. The van der Waals surface area contributed by atoms with Gasteiger partial charge in [-0.2, -0.15) is 13.2 Å². The number of hydrogen-bond donors (Lipinski definition) is 1. The molecule has 0 saturated heterocycles. The van der Waals surface area contributed by atoms with Gasteiger partial charge < -0.3 is 14.8 Å². The molecule has 0 atom stereocenters. The third kappa shape index (κ3) is 5.22. The van der Waals surface area contributed by atoms with Crippen molar-refractivity contribution in [2.75, 3.05) is 12.4 Å². The average molecular weight is 403 g/mol. The van der Waals surface area contributed by atoms with Crippen molar-refractivity contribution in [1.29, 1.82) is 0 Å². The van der Waals surface area contributed by atoms with E-state index in [4.69, 9.17) is 9.47 Å². The van der Waals surface area contributed by atoms with Crippen molar-refractivity contribution in [3.63, 3.8) is 0 Å². The first kappa shape index (κ1) is 20.1. The van der Waals surface area contributed by atoms with Crippen LogP contribution in [0.15, 0.2) is 60.9 Å². The molecule has 150 valence electrons. The first-order valence-electron chi connectivity index (χ1n) is 8.42. The van der Waals surface area contributed by atoms with Gasteiger partial charge in [0.2, 0.25) is 5.88 Å². The molecule has 2 aromatic carbocycles. The lowest BCUT2D eigenvalue weighted by Gasteiger charge is -2.13. The van der Waals surface area contributed by atoms with Crippen molar-refractivity contribution in [2.45, 2.75) is 12.8 Å². The third-order valence-corrected chi connectivity index (χ3v) is 3.88. The van der Waals surface area contributed by atoms with Gasteiger partial charge in [0, 0.05) is 6.07 Å². The molecule has 0 saturated carbocycles. The Morgan fingerprint density at radius 1 is 1.07 bits per heavy atom. The number of ether oxygens (including phenoxy) is 2. The highest BCUT2D eigenvalue weighted by Crippen LogP contribution is 2.35. The van der Waals surface area contributed by atoms with E-state index in [9.17, 15) is 18.0 Å². The van der Waals surface area contributed by atoms with E-state index in [1.807, 2.05) is 30.3 Å². The van der Waals surface area contributed by atoms with Crippen LogP contribution < -0.4 is 14.8 Å². The van der Waals surface area contributed by atoms with Crippen LogP contribution in [0.4, 0.5) is 18.9 Å². The number of hydrogen-bond acceptors (Lipinski definition) is 5. The van der Waals surface area contributed by atoms with Gasteiger partial charge in [-0.1, -0.05) is 30.3 Å². The monoisotopic (exact) mass is 403 g/mol. The van der Waals surface area contributed by atoms with Crippen LogP contribution in [0, 0.1) is 0 Å². The number of nitrogens with one attached hydrogen (secondary N) is 1. The summed E-state index contributed by atoms with van der Waals surface area (Å²) in [6.45, 7) is 0.236. The Labute approximate surface area is 164 Å². The molecule has 3 aromatic rings. The lowest BCUT2D eigenvalue weighted by Crippen LogP contribution is -2.16. The van der Waals surface area contributed by atoms with Crippen molar-refractivity contribution in [3.05, 3.63) is 77.7 Å². The molecule has 1 amide bonds. The van der Waals surface area contributed by atoms with Crippen LogP contribution in [0.3, 0.4) is 0 Å². The molecule has 1 N–H and O–H groups in total. The molecule has 3 rings (SSSR count). The molecule has 0 fully saturated rings. The standard InChI is InChI=1S/C20H16F3N3O3/c1-28-17-8-7-14(20(21,22)23)9-15(17)26-19(27)16-10-18(25-12-24-16)29-11-13-5-3-2-4-6-13/h2-10,12H,11H2,1H3,(H,26,27). The molecule has 0 aliphatic heterocycles. The molecule has 1 heterocycles. The smallest absolute Gasteiger partial charge is 0.416 e. The molecule has 1 aromatic heterocycles. The maximum atomic E-state index is 13.0. The number of amides is 1. The van der Waals surface area contributed by atoms with Crippen LogP contribution in [-0.2, 0) is 12.8 Å². The Morgan fingerprint density at radius 3 is 2.52 bits per heavy atom. The summed E-state index contributed by atoms with van der Waals surface area (Å²) in [6.07, 6.45) is -3.42. The van der Waals surface area contributed by atoms with Crippen LogP contribution in [-0.4, -0.2) is 23.0 Å². The van der Waals surface area contributed by atoms with Crippen molar-refractivity contribution in [3.8, 4) is 11.6 Å². The van der Waals surface area contributed by atoms with E-state index in [1.54, 1.807) is 0 Å². The van der Waals surface area contributed by atoms with E-state index in [0.717, 1.165) is 30.1 Å². The van der Waals surface area contributed by atoms with Crippen LogP contribution in [0.25, 0.3) is 0 Å². The van der Waals surface area contributed by atoms with Gasteiger partial charge >= 0.3 is 6.18 Å². The van der Waals surface area contributed by atoms with Gasteiger partial charge in [0.25, 0.3) is 5.91 Å². The van der Waals surface area contributed by atoms with Gasteiger partial charge in [-0.05, 0) is 23.8 Å². The summed E-state index contributed by atoms with van der Waals surface area (Å²) in [4.78, 5) is 20.3. The maximum Gasteiger partial charge on any atom is 0.416 e. The summed E-state index contributed by atoms with van der Waals surface area (Å²) in [6, 6.07) is 13.4. The number of anilines is 1. The first-order chi connectivity index (χ1) is 13.9. The Bertz CT molecular complexity index is 995. The van der Waals surface area contributed by atoms with Crippen molar-refractivity contribution in [1.82, 2.24) is 9.97 Å². The van der Waals surface area contributed by atoms with Crippen molar-refractivity contribution < 1.29 is 27.4 Å². The number of benzene rings is 2. The molecule has 0 bridgehead atoms. The Hall–Kier alpha value is -3.62. The fourth-order valence-electron chi connectivity index (χ4n) is 2.44. The minimum atomic E-state index is -4.56. The highest BCUT2D eigenvalue weighted by Gasteiger charge is 2.31. The summed E-state index contributed by atoms with van der Waals surface area (Å²) < 4.78 is 49.4.